The number of thiol groups is 1. The van der Waals surface area contributed by atoms with Crippen molar-refractivity contribution in [2.45, 2.75) is 11.9 Å². The van der Waals surface area contributed by atoms with Gasteiger partial charge in [0.05, 0.1) is 0 Å². The van der Waals surface area contributed by atoms with E-state index in [1.54, 1.807) is 30.3 Å². The van der Waals surface area contributed by atoms with Gasteiger partial charge in [-0.3, -0.25) is 4.79 Å². The number of rotatable bonds is 4. The summed E-state index contributed by atoms with van der Waals surface area (Å²) in [6, 6.07) is 12.4. The number of aliphatic hydroxyl groups is 1. The lowest BCUT2D eigenvalue weighted by Crippen LogP contribution is -2.23. The molecule has 0 fully saturated rings. The van der Waals surface area contributed by atoms with Gasteiger partial charge in [0.1, 0.15) is 0 Å². The molecule has 0 radical (unpaired) electrons. The van der Waals surface area contributed by atoms with E-state index >= 15 is 0 Å². The monoisotopic (exact) mass is 305 g/mol. The van der Waals surface area contributed by atoms with Crippen molar-refractivity contribution in [1.82, 2.24) is 0 Å². The zero-order valence-corrected chi connectivity index (χ0v) is 12.2. The first-order valence-corrected chi connectivity index (χ1v) is 7.38. The van der Waals surface area contributed by atoms with Crippen LogP contribution in [0.3, 0.4) is 0 Å². The predicted octanol–water partition coefficient (Wildman–Crippen LogP) is 1.28. The molecular weight excluding hydrogens is 290 g/mol. The third kappa shape index (κ3) is 3.12. The molecule has 2 aromatic carbocycles. The maximum absolute atomic E-state index is 12.3. The zero-order valence-electron chi connectivity index (χ0n) is 11.3. The molecular formula is C15H15NO4S. The molecule has 0 aromatic heterocycles. The smallest absolute Gasteiger partial charge is 0.193 e. The summed E-state index contributed by atoms with van der Waals surface area (Å²) in [5.74, 6) is -0.270. The highest BCUT2D eigenvalue weighted by Gasteiger charge is 2.27. The molecule has 0 aliphatic rings. The minimum Gasteiger partial charge on any atom is -0.399 e. The number of benzene rings is 2. The van der Waals surface area contributed by atoms with Crippen molar-refractivity contribution in [3.8, 4) is 0 Å². The molecule has 0 saturated heterocycles. The summed E-state index contributed by atoms with van der Waals surface area (Å²) in [6.07, 6.45) is 0. The van der Waals surface area contributed by atoms with Gasteiger partial charge in [-0.1, -0.05) is 18.2 Å². The first-order valence-electron chi connectivity index (χ1n) is 6.20. The Bertz CT molecular complexity index is 741. The van der Waals surface area contributed by atoms with E-state index in [1.807, 2.05) is 0 Å². The fourth-order valence-electron chi connectivity index (χ4n) is 1.86. The molecule has 0 aliphatic heterocycles. The van der Waals surface area contributed by atoms with Gasteiger partial charge in [0.15, 0.2) is 21.4 Å². The van der Waals surface area contributed by atoms with Crippen LogP contribution in [0.25, 0.3) is 0 Å². The minimum absolute atomic E-state index is 0.153. The Morgan fingerprint density at radius 2 is 1.71 bits per heavy atom. The van der Waals surface area contributed by atoms with Crippen molar-refractivity contribution in [1.29, 1.82) is 0 Å². The Balaban J connectivity index is 2.42. The van der Waals surface area contributed by atoms with E-state index in [9.17, 15) is 18.3 Å². The topological polar surface area (TPSA) is 97.5 Å². The molecule has 0 heterocycles. The highest BCUT2D eigenvalue weighted by atomic mass is 32.2. The first kappa shape index (κ1) is 15.2. The van der Waals surface area contributed by atoms with Crippen LogP contribution in [0.4, 0.5) is 5.69 Å². The van der Waals surface area contributed by atoms with E-state index in [0.717, 1.165) is 0 Å². The maximum atomic E-state index is 12.3. The summed E-state index contributed by atoms with van der Waals surface area (Å²) in [5.41, 5.74) is 7.01. The number of carbonyl (C=O) groups excluding carboxylic acids is 1. The quantitative estimate of drug-likeness (QED) is 0.449. The van der Waals surface area contributed by atoms with Crippen LogP contribution < -0.4 is 5.73 Å². The zero-order chi connectivity index (χ0) is 15.6. The summed E-state index contributed by atoms with van der Waals surface area (Å²) >= 11 is 0. The summed E-state index contributed by atoms with van der Waals surface area (Å²) in [7, 11) is -3.08. The van der Waals surface area contributed by atoms with Crippen LogP contribution in [0, 0.1) is 0 Å². The summed E-state index contributed by atoms with van der Waals surface area (Å²) in [6.45, 7) is 1.17. The molecule has 21 heavy (non-hydrogen) atoms. The third-order valence-electron chi connectivity index (χ3n) is 3.20. The molecule has 5 nitrogen and oxygen atoms in total. The Morgan fingerprint density at radius 3 is 2.29 bits per heavy atom. The molecule has 2 aromatic rings. The molecule has 1 unspecified atom stereocenters. The van der Waals surface area contributed by atoms with Gasteiger partial charge in [0.2, 0.25) is 0 Å². The fourth-order valence-corrected chi connectivity index (χ4v) is 2.21. The summed E-state index contributed by atoms with van der Waals surface area (Å²) in [5, 5.41) is 9.95. The summed E-state index contributed by atoms with van der Waals surface area (Å²) in [4.78, 5) is 10.3. The average Bonchev–Trinajstić information content (AvgIpc) is 2.47. The molecule has 6 heteroatoms. The van der Waals surface area contributed by atoms with Gasteiger partial charge < -0.3 is 10.8 Å². The number of carbonyl (C=O) groups is 1. The van der Waals surface area contributed by atoms with Crippen LogP contribution in [-0.4, -0.2) is 19.3 Å². The standard InChI is InChI=1S/C15H15NO4S/c1-15(18,21(19)20)12-4-2-3-11(9-12)14(17)10-5-7-13(16)8-6-10/h2-9,18,21H,16H2,1H3. The van der Waals surface area contributed by atoms with Gasteiger partial charge in [-0.05, 0) is 42.8 Å². The van der Waals surface area contributed by atoms with Gasteiger partial charge in [-0.25, -0.2) is 8.42 Å². The SMILES string of the molecule is CC(O)(c1cccc(C(=O)c2ccc(N)cc2)c1)[SH](=O)=O. The van der Waals surface area contributed by atoms with E-state index in [2.05, 4.69) is 0 Å². The van der Waals surface area contributed by atoms with Crippen molar-refractivity contribution in [3.05, 3.63) is 65.2 Å². The van der Waals surface area contributed by atoms with Crippen LogP contribution in [0.15, 0.2) is 48.5 Å². The van der Waals surface area contributed by atoms with Crippen molar-refractivity contribution in [2.24, 2.45) is 0 Å². The van der Waals surface area contributed by atoms with Crippen molar-refractivity contribution in [3.63, 3.8) is 0 Å². The molecule has 110 valence electrons. The Labute approximate surface area is 124 Å². The van der Waals surface area contributed by atoms with Crippen molar-refractivity contribution >= 4 is 22.2 Å². The lowest BCUT2D eigenvalue weighted by Gasteiger charge is -2.17. The Morgan fingerprint density at radius 1 is 1.10 bits per heavy atom. The van der Waals surface area contributed by atoms with Gasteiger partial charge in [-0.2, -0.15) is 0 Å². The van der Waals surface area contributed by atoms with E-state index < -0.39 is 15.6 Å². The second-order valence-corrected chi connectivity index (χ2v) is 6.19. The highest BCUT2D eigenvalue weighted by molar-refractivity contribution is 7.73. The number of ketones is 1. The van der Waals surface area contributed by atoms with Crippen LogP contribution >= 0.6 is 0 Å². The molecule has 0 saturated carbocycles. The second-order valence-electron chi connectivity index (χ2n) is 4.81. The molecule has 0 aliphatic carbocycles. The van der Waals surface area contributed by atoms with Crippen molar-refractivity contribution < 1.29 is 18.3 Å². The molecule has 0 spiro atoms. The number of hydrogen-bond donors (Lipinski definition) is 3. The molecule has 3 N–H and O–H groups in total. The lowest BCUT2D eigenvalue weighted by atomic mass is 9.99. The first-order chi connectivity index (χ1) is 9.82. The molecule has 2 rings (SSSR count). The number of anilines is 1. The Hall–Kier alpha value is -2.18. The van der Waals surface area contributed by atoms with Gasteiger partial charge in [0, 0.05) is 16.8 Å². The molecule has 0 amide bonds. The van der Waals surface area contributed by atoms with E-state index in [-0.39, 0.29) is 11.3 Å². The van der Waals surface area contributed by atoms with Crippen LogP contribution in [0.2, 0.25) is 0 Å². The minimum atomic E-state index is -3.08. The van der Waals surface area contributed by atoms with Crippen LogP contribution in [0.1, 0.15) is 28.4 Å². The van der Waals surface area contributed by atoms with E-state index in [4.69, 9.17) is 5.73 Å². The van der Waals surface area contributed by atoms with E-state index in [0.29, 0.717) is 16.8 Å². The van der Waals surface area contributed by atoms with Gasteiger partial charge >= 0.3 is 0 Å². The van der Waals surface area contributed by atoms with Crippen LogP contribution in [-0.2, 0) is 15.6 Å². The average molecular weight is 305 g/mol. The molecule has 0 bridgehead atoms. The lowest BCUT2D eigenvalue weighted by molar-refractivity contribution is 0.103. The van der Waals surface area contributed by atoms with Crippen LogP contribution in [0.5, 0.6) is 0 Å². The predicted molar refractivity (Wildman–Crippen MR) is 80.6 cm³/mol. The summed E-state index contributed by atoms with van der Waals surface area (Å²) < 4.78 is 22.2. The van der Waals surface area contributed by atoms with Gasteiger partial charge in [0.25, 0.3) is 0 Å². The number of hydrogen-bond acceptors (Lipinski definition) is 5. The fraction of sp³-hybridized carbons (Fsp3) is 0.133. The van der Waals surface area contributed by atoms with Gasteiger partial charge in [-0.15, -0.1) is 0 Å². The largest absolute Gasteiger partial charge is 0.399 e. The molecule has 1 atom stereocenters. The maximum Gasteiger partial charge on any atom is 0.193 e. The Kier molecular flexibility index (Phi) is 4.11. The van der Waals surface area contributed by atoms with Crippen molar-refractivity contribution in [2.75, 3.05) is 5.73 Å². The second kappa shape index (κ2) is 5.67. The van der Waals surface area contributed by atoms with E-state index in [1.165, 1.54) is 25.1 Å². The third-order valence-corrected chi connectivity index (χ3v) is 4.17. The highest BCUT2D eigenvalue weighted by Crippen LogP contribution is 2.23. The number of nitrogens with two attached hydrogens (primary N) is 1. The normalized spacial score (nSPS) is 13.9. The number of nitrogen functional groups attached to an aromatic ring is 1.